The van der Waals surface area contributed by atoms with Gasteiger partial charge in [-0.25, -0.2) is 0 Å². The summed E-state index contributed by atoms with van der Waals surface area (Å²) >= 11 is 0. The normalized spacial score (nSPS) is 24.0. The molecule has 0 aliphatic carbocycles. The van der Waals surface area contributed by atoms with Crippen LogP contribution in [0.15, 0.2) is 42.5 Å². The van der Waals surface area contributed by atoms with E-state index in [-0.39, 0.29) is 17.4 Å². The van der Waals surface area contributed by atoms with Gasteiger partial charge in [-0.05, 0) is 41.2 Å². The first-order valence-electron chi connectivity index (χ1n) is 13.3. The van der Waals surface area contributed by atoms with E-state index in [1.807, 2.05) is 12.1 Å². The van der Waals surface area contributed by atoms with Gasteiger partial charge in [0.2, 0.25) is 0 Å². The Hall–Kier alpha value is -2.30. The van der Waals surface area contributed by atoms with Crippen molar-refractivity contribution in [1.82, 2.24) is 10.2 Å². The molecule has 202 valence electrons. The molecule has 1 unspecified atom stereocenters. The lowest BCUT2D eigenvalue weighted by Gasteiger charge is -2.41. The van der Waals surface area contributed by atoms with Crippen molar-refractivity contribution < 1.29 is 18.6 Å². The van der Waals surface area contributed by atoms with Crippen LogP contribution in [0.3, 0.4) is 0 Å². The molecule has 3 aliphatic heterocycles. The quantitative estimate of drug-likeness (QED) is 0.447. The summed E-state index contributed by atoms with van der Waals surface area (Å²) in [4.78, 5) is 17.9. The second-order valence-corrected chi connectivity index (χ2v) is 13.4. The molecule has 0 spiro atoms. The number of fused-ring (bicyclic) bond motifs is 1. The Morgan fingerprint density at radius 3 is 2.59 bits per heavy atom. The molecule has 4 N–H and O–H groups in total. The molecule has 1 amide bonds. The number of hydrogen-bond donors (Lipinski definition) is 4. The van der Waals surface area contributed by atoms with Crippen LogP contribution in [0.25, 0.3) is 0 Å². The molecule has 0 radical (unpaired) electrons. The lowest BCUT2D eigenvalue weighted by molar-refractivity contribution is 0.0949. The first-order chi connectivity index (χ1) is 17.7. The Bertz CT molecular complexity index is 1110. The van der Waals surface area contributed by atoms with E-state index in [1.54, 1.807) is 0 Å². The molecule has 3 aliphatic rings. The van der Waals surface area contributed by atoms with E-state index < -0.39 is 10.6 Å². The molecule has 2 aromatic carbocycles. The Morgan fingerprint density at radius 2 is 1.84 bits per heavy atom. The van der Waals surface area contributed by atoms with Gasteiger partial charge in [0, 0.05) is 45.0 Å². The van der Waals surface area contributed by atoms with Crippen LogP contribution in [0.5, 0.6) is 0 Å². The van der Waals surface area contributed by atoms with E-state index in [0.717, 1.165) is 38.4 Å². The molecule has 2 aromatic rings. The average Bonchev–Trinajstić information content (AvgIpc) is 2.89. The average molecular weight is 529 g/mol. The summed E-state index contributed by atoms with van der Waals surface area (Å²) < 4.78 is 25.2. The molecule has 0 aromatic heterocycles. The molecule has 0 bridgehead atoms. The van der Waals surface area contributed by atoms with Crippen LogP contribution in [0.2, 0.25) is 0 Å². The number of anilines is 2. The third-order valence-corrected chi connectivity index (χ3v) is 9.58. The van der Waals surface area contributed by atoms with E-state index in [0.29, 0.717) is 43.2 Å². The Morgan fingerprint density at radius 1 is 1.11 bits per heavy atom. The standard InChI is InChI=1S/C28H40N4O4S/c1-28(2)20-25(21-5-3-6-22(19-21)32-11-15-36-16-12-32)30-26-23(7-4-8-24(26)28)27(33)29-9-10-31-13-17-37(34,35)18-14-31/h3-8,19,25,30,34-35H,9-18,20H2,1-2H3,(H,29,33). The number of hydrogen-bond acceptors (Lipinski definition) is 7. The molecular formula is C28H40N4O4S. The fourth-order valence-electron chi connectivity index (χ4n) is 5.68. The van der Waals surface area contributed by atoms with Crippen molar-refractivity contribution in [3.8, 4) is 0 Å². The summed E-state index contributed by atoms with van der Waals surface area (Å²) in [5.41, 5.74) is 5.12. The van der Waals surface area contributed by atoms with Crippen LogP contribution in [0.4, 0.5) is 11.4 Å². The van der Waals surface area contributed by atoms with Crippen LogP contribution < -0.4 is 15.5 Å². The second kappa shape index (κ2) is 10.8. The van der Waals surface area contributed by atoms with Crippen molar-refractivity contribution in [1.29, 1.82) is 0 Å². The number of nitrogens with one attached hydrogen (secondary N) is 2. The zero-order valence-electron chi connectivity index (χ0n) is 21.9. The SMILES string of the molecule is CC1(C)CC(c2cccc(N3CCOCC3)c2)Nc2c(C(=O)NCCN3CCS(O)(O)CC3)cccc21. The zero-order valence-corrected chi connectivity index (χ0v) is 22.7. The number of rotatable bonds is 6. The van der Waals surface area contributed by atoms with Gasteiger partial charge >= 0.3 is 0 Å². The molecule has 0 saturated carbocycles. The van der Waals surface area contributed by atoms with Crippen molar-refractivity contribution in [2.24, 2.45) is 0 Å². The highest BCUT2D eigenvalue weighted by Crippen LogP contribution is 2.45. The molecule has 37 heavy (non-hydrogen) atoms. The maximum absolute atomic E-state index is 13.3. The van der Waals surface area contributed by atoms with E-state index in [1.165, 1.54) is 16.8 Å². The molecule has 8 nitrogen and oxygen atoms in total. The number of ether oxygens (including phenoxy) is 1. The van der Waals surface area contributed by atoms with Gasteiger partial charge in [-0.15, -0.1) is 0 Å². The van der Waals surface area contributed by atoms with Gasteiger partial charge in [0.15, 0.2) is 0 Å². The fourth-order valence-corrected chi connectivity index (χ4v) is 6.98. The summed E-state index contributed by atoms with van der Waals surface area (Å²) in [7, 11) is -2.40. The van der Waals surface area contributed by atoms with E-state index in [2.05, 4.69) is 64.6 Å². The number of amides is 1. The van der Waals surface area contributed by atoms with E-state index >= 15 is 0 Å². The van der Waals surface area contributed by atoms with Gasteiger partial charge in [-0.2, -0.15) is 10.6 Å². The number of nitrogens with zero attached hydrogens (tertiary/aromatic N) is 2. The molecule has 1 atom stereocenters. The zero-order chi connectivity index (χ0) is 26.0. The lowest BCUT2D eigenvalue weighted by Crippen LogP contribution is -2.42. The third-order valence-electron chi connectivity index (χ3n) is 7.90. The maximum Gasteiger partial charge on any atom is 0.253 e. The number of morpholine rings is 1. The Labute approximate surface area is 221 Å². The van der Waals surface area contributed by atoms with Crippen molar-refractivity contribution >= 4 is 27.9 Å². The third kappa shape index (κ3) is 6.07. The topological polar surface area (TPSA) is 97.3 Å². The molecule has 5 rings (SSSR count). The first kappa shape index (κ1) is 26.3. The van der Waals surface area contributed by atoms with Gasteiger partial charge in [-0.1, -0.05) is 38.1 Å². The highest BCUT2D eigenvalue weighted by Gasteiger charge is 2.35. The van der Waals surface area contributed by atoms with Gasteiger partial charge in [0.05, 0.1) is 42.0 Å². The van der Waals surface area contributed by atoms with Crippen LogP contribution in [0.1, 0.15) is 47.8 Å². The van der Waals surface area contributed by atoms with Crippen molar-refractivity contribution in [3.63, 3.8) is 0 Å². The van der Waals surface area contributed by atoms with Crippen LogP contribution >= 0.6 is 10.6 Å². The minimum Gasteiger partial charge on any atom is -0.378 e. The number of carbonyl (C=O) groups is 1. The summed E-state index contributed by atoms with van der Waals surface area (Å²) in [5, 5.41) is 6.82. The van der Waals surface area contributed by atoms with E-state index in [4.69, 9.17) is 4.74 Å². The summed E-state index contributed by atoms with van der Waals surface area (Å²) in [6, 6.07) is 14.9. The molecular weight excluding hydrogens is 488 g/mol. The van der Waals surface area contributed by atoms with Crippen LogP contribution in [-0.4, -0.2) is 83.9 Å². The number of para-hydroxylation sites is 1. The monoisotopic (exact) mass is 528 g/mol. The van der Waals surface area contributed by atoms with Crippen LogP contribution in [0, 0.1) is 0 Å². The van der Waals surface area contributed by atoms with Gasteiger partial charge in [0.25, 0.3) is 5.91 Å². The van der Waals surface area contributed by atoms with Gasteiger partial charge in [-0.3, -0.25) is 18.8 Å². The minimum absolute atomic E-state index is 0.0795. The number of benzene rings is 2. The summed E-state index contributed by atoms with van der Waals surface area (Å²) in [5.74, 6) is 0.754. The van der Waals surface area contributed by atoms with E-state index in [9.17, 15) is 13.9 Å². The van der Waals surface area contributed by atoms with Crippen molar-refractivity contribution in [2.45, 2.75) is 31.7 Å². The Kier molecular flexibility index (Phi) is 7.70. The second-order valence-electron chi connectivity index (χ2n) is 11.0. The highest BCUT2D eigenvalue weighted by molar-refractivity contribution is 8.24. The predicted molar refractivity (Wildman–Crippen MR) is 151 cm³/mol. The smallest absolute Gasteiger partial charge is 0.253 e. The Balaban J connectivity index is 1.30. The van der Waals surface area contributed by atoms with Gasteiger partial charge in [0.1, 0.15) is 0 Å². The lowest BCUT2D eigenvalue weighted by atomic mass is 9.73. The summed E-state index contributed by atoms with van der Waals surface area (Å²) in [6.45, 7) is 10.4. The largest absolute Gasteiger partial charge is 0.378 e. The molecule has 9 heteroatoms. The highest BCUT2D eigenvalue weighted by atomic mass is 32.3. The van der Waals surface area contributed by atoms with Gasteiger partial charge < -0.3 is 20.3 Å². The fraction of sp³-hybridized carbons (Fsp3) is 0.536. The predicted octanol–water partition coefficient (Wildman–Crippen LogP) is 4.15. The summed E-state index contributed by atoms with van der Waals surface area (Å²) in [6.07, 6.45) is 0.936. The number of carbonyl (C=O) groups excluding carboxylic acids is 1. The van der Waals surface area contributed by atoms with Crippen molar-refractivity contribution in [2.75, 3.05) is 74.2 Å². The molecule has 2 fully saturated rings. The molecule has 2 saturated heterocycles. The minimum atomic E-state index is -2.40. The molecule has 3 heterocycles. The van der Waals surface area contributed by atoms with Crippen LogP contribution in [-0.2, 0) is 10.2 Å². The maximum atomic E-state index is 13.3. The first-order valence-corrected chi connectivity index (χ1v) is 15.2. The van der Waals surface area contributed by atoms with Crippen molar-refractivity contribution in [3.05, 3.63) is 59.2 Å².